The number of aromatic nitrogens is 3. The van der Waals surface area contributed by atoms with Gasteiger partial charge in [0.1, 0.15) is 0 Å². The van der Waals surface area contributed by atoms with Crippen molar-refractivity contribution in [3.63, 3.8) is 0 Å². The predicted molar refractivity (Wildman–Crippen MR) is 81.7 cm³/mol. The topological polar surface area (TPSA) is 56.5 Å². The Hall–Kier alpha value is -2.75. The highest BCUT2D eigenvalue weighted by atomic mass is 15.1. The molecule has 0 unspecified atom stereocenters. The summed E-state index contributed by atoms with van der Waals surface area (Å²) in [5.74, 6) is 0. The summed E-state index contributed by atoms with van der Waals surface area (Å²) in [6.07, 6.45) is 3.90. The first-order valence-corrected chi connectivity index (χ1v) is 6.63. The van der Waals surface area contributed by atoms with Crippen molar-refractivity contribution in [3.05, 3.63) is 60.4 Å². The lowest BCUT2D eigenvalue weighted by Crippen LogP contribution is -1.99. The fraction of sp³-hybridized carbons (Fsp3) is 0.0625. The van der Waals surface area contributed by atoms with E-state index >= 15 is 0 Å². The number of nitrogens with one attached hydrogen (secondary N) is 3. The van der Waals surface area contributed by atoms with Crippen LogP contribution in [0.5, 0.6) is 0 Å². The smallest absolute Gasteiger partial charge is 0.0881 e. The van der Waals surface area contributed by atoms with Crippen molar-refractivity contribution in [3.8, 4) is 0 Å². The number of hydrogen-bond donors (Lipinski definition) is 3. The third-order valence-corrected chi connectivity index (χ3v) is 3.62. The summed E-state index contributed by atoms with van der Waals surface area (Å²) in [4.78, 5) is 3.30. The highest BCUT2D eigenvalue weighted by Crippen LogP contribution is 2.23. The van der Waals surface area contributed by atoms with Gasteiger partial charge < -0.3 is 10.3 Å². The van der Waals surface area contributed by atoms with E-state index in [0.717, 1.165) is 23.1 Å². The second-order valence-corrected chi connectivity index (χ2v) is 4.85. The molecule has 4 aromatic rings. The van der Waals surface area contributed by atoms with Crippen LogP contribution < -0.4 is 5.32 Å². The zero-order chi connectivity index (χ0) is 13.4. The second kappa shape index (κ2) is 4.42. The first-order valence-electron chi connectivity index (χ1n) is 6.63. The van der Waals surface area contributed by atoms with Gasteiger partial charge in [0.05, 0.1) is 17.4 Å². The normalized spacial score (nSPS) is 11.2. The molecule has 0 fully saturated rings. The molecule has 4 rings (SSSR count). The number of para-hydroxylation sites is 2. The Balaban J connectivity index is 1.66. The van der Waals surface area contributed by atoms with E-state index in [1.807, 2.05) is 18.3 Å². The van der Waals surface area contributed by atoms with Crippen LogP contribution in [0.2, 0.25) is 0 Å². The average molecular weight is 262 g/mol. The molecule has 98 valence electrons. The van der Waals surface area contributed by atoms with Gasteiger partial charge in [-0.3, -0.25) is 5.10 Å². The molecule has 0 saturated carbocycles. The molecule has 0 aliphatic heterocycles. The molecule has 0 aliphatic carbocycles. The Morgan fingerprint density at radius 2 is 2.00 bits per heavy atom. The maximum atomic E-state index is 4.09. The number of nitrogens with zero attached hydrogens (tertiary/aromatic N) is 1. The highest BCUT2D eigenvalue weighted by molar-refractivity contribution is 5.90. The molecule has 2 aromatic heterocycles. The quantitative estimate of drug-likeness (QED) is 0.528. The standard InChI is InChI=1S/C16H14N4/c1-2-6-14-13(5-1)12(8-17-14)9-18-15-7-3-4-11-10-19-20-16(11)15/h1-8,10,17-18H,9H2,(H,19,20). The van der Waals surface area contributed by atoms with E-state index in [0.29, 0.717) is 0 Å². The van der Waals surface area contributed by atoms with E-state index in [9.17, 15) is 0 Å². The number of benzene rings is 2. The lowest BCUT2D eigenvalue weighted by atomic mass is 10.1. The Labute approximate surface area is 115 Å². The molecule has 0 saturated heterocycles. The maximum Gasteiger partial charge on any atom is 0.0881 e. The van der Waals surface area contributed by atoms with Crippen LogP contribution in [0.4, 0.5) is 5.69 Å². The zero-order valence-corrected chi connectivity index (χ0v) is 10.9. The number of rotatable bonds is 3. The molecule has 0 spiro atoms. The van der Waals surface area contributed by atoms with Crippen molar-refractivity contribution in [2.75, 3.05) is 5.32 Å². The summed E-state index contributed by atoms with van der Waals surface area (Å²) < 4.78 is 0. The molecular weight excluding hydrogens is 248 g/mol. The van der Waals surface area contributed by atoms with Crippen LogP contribution in [0.1, 0.15) is 5.56 Å². The third kappa shape index (κ3) is 1.73. The van der Waals surface area contributed by atoms with Gasteiger partial charge in [0.15, 0.2) is 0 Å². The van der Waals surface area contributed by atoms with Crippen molar-refractivity contribution >= 4 is 27.5 Å². The monoisotopic (exact) mass is 262 g/mol. The number of anilines is 1. The minimum Gasteiger partial charge on any atom is -0.379 e. The summed E-state index contributed by atoms with van der Waals surface area (Å²) in [7, 11) is 0. The molecule has 20 heavy (non-hydrogen) atoms. The van der Waals surface area contributed by atoms with Crippen LogP contribution in [0.15, 0.2) is 54.9 Å². The van der Waals surface area contributed by atoms with E-state index in [1.165, 1.54) is 16.5 Å². The third-order valence-electron chi connectivity index (χ3n) is 3.62. The van der Waals surface area contributed by atoms with Crippen molar-refractivity contribution in [1.82, 2.24) is 15.2 Å². The molecular formula is C16H14N4. The van der Waals surface area contributed by atoms with Crippen LogP contribution in [0.3, 0.4) is 0 Å². The SMILES string of the molecule is c1cc(NCc2c[nH]c3ccccc23)c2[nH]ncc2c1. The number of fused-ring (bicyclic) bond motifs is 2. The lowest BCUT2D eigenvalue weighted by Gasteiger charge is -2.06. The molecule has 4 nitrogen and oxygen atoms in total. The first kappa shape index (κ1) is 11.1. The van der Waals surface area contributed by atoms with Gasteiger partial charge in [0.2, 0.25) is 0 Å². The summed E-state index contributed by atoms with van der Waals surface area (Å²) in [5.41, 5.74) is 4.55. The van der Waals surface area contributed by atoms with Crippen molar-refractivity contribution < 1.29 is 0 Å². The van der Waals surface area contributed by atoms with E-state index < -0.39 is 0 Å². The van der Waals surface area contributed by atoms with Crippen LogP contribution in [0.25, 0.3) is 21.8 Å². The number of aromatic amines is 2. The predicted octanol–water partition coefficient (Wildman–Crippen LogP) is 3.66. The summed E-state index contributed by atoms with van der Waals surface area (Å²) in [6.45, 7) is 0.780. The lowest BCUT2D eigenvalue weighted by molar-refractivity contribution is 1.11. The van der Waals surface area contributed by atoms with E-state index in [-0.39, 0.29) is 0 Å². The second-order valence-electron chi connectivity index (χ2n) is 4.85. The van der Waals surface area contributed by atoms with Gasteiger partial charge in [-0.25, -0.2) is 0 Å². The van der Waals surface area contributed by atoms with E-state index in [2.05, 4.69) is 57.0 Å². The van der Waals surface area contributed by atoms with Gasteiger partial charge in [-0.1, -0.05) is 30.3 Å². The number of hydrogen-bond acceptors (Lipinski definition) is 2. The zero-order valence-electron chi connectivity index (χ0n) is 10.9. The average Bonchev–Trinajstić information content (AvgIpc) is 3.12. The largest absolute Gasteiger partial charge is 0.379 e. The van der Waals surface area contributed by atoms with Crippen LogP contribution in [-0.4, -0.2) is 15.2 Å². The summed E-state index contributed by atoms with van der Waals surface area (Å²) >= 11 is 0. The van der Waals surface area contributed by atoms with Crippen molar-refractivity contribution in [1.29, 1.82) is 0 Å². The van der Waals surface area contributed by atoms with Crippen LogP contribution >= 0.6 is 0 Å². The molecule has 4 heteroatoms. The summed E-state index contributed by atoms with van der Waals surface area (Å²) in [6, 6.07) is 14.5. The van der Waals surface area contributed by atoms with Gasteiger partial charge in [0, 0.05) is 29.0 Å². The molecule has 3 N–H and O–H groups in total. The minimum absolute atomic E-state index is 0.780. The fourth-order valence-electron chi connectivity index (χ4n) is 2.58. The molecule has 0 radical (unpaired) electrons. The molecule has 0 atom stereocenters. The van der Waals surface area contributed by atoms with Crippen LogP contribution in [-0.2, 0) is 6.54 Å². The molecule has 2 aromatic carbocycles. The van der Waals surface area contributed by atoms with Gasteiger partial charge in [-0.15, -0.1) is 0 Å². The Morgan fingerprint density at radius 3 is 3.00 bits per heavy atom. The highest BCUT2D eigenvalue weighted by Gasteiger charge is 2.05. The summed E-state index contributed by atoms with van der Waals surface area (Å²) in [5, 5.41) is 13.0. The van der Waals surface area contributed by atoms with Gasteiger partial charge >= 0.3 is 0 Å². The maximum absolute atomic E-state index is 4.09. The van der Waals surface area contributed by atoms with Gasteiger partial charge in [-0.05, 0) is 17.7 Å². The number of H-pyrrole nitrogens is 2. The fourth-order valence-corrected chi connectivity index (χ4v) is 2.58. The molecule has 2 heterocycles. The molecule has 0 bridgehead atoms. The Kier molecular flexibility index (Phi) is 2.45. The van der Waals surface area contributed by atoms with Crippen molar-refractivity contribution in [2.45, 2.75) is 6.54 Å². The first-order chi connectivity index (χ1) is 9.92. The van der Waals surface area contributed by atoms with Gasteiger partial charge in [-0.2, -0.15) is 5.10 Å². The molecule has 0 amide bonds. The molecule has 0 aliphatic rings. The van der Waals surface area contributed by atoms with Crippen molar-refractivity contribution in [2.24, 2.45) is 0 Å². The Morgan fingerprint density at radius 1 is 1.05 bits per heavy atom. The van der Waals surface area contributed by atoms with Crippen LogP contribution in [0, 0.1) is 0 Å². The van der Waals surface area contributed by atoms with E-state index in [4.69, 9.17) is 0 Å². The minimum atomic E-state index is 0.780. The Bertz CT molecular complexity index is 872. The van der Waals surface area contributed by atoms with Gasteiger partial charge in [0.25, 0.3) is 0 Å². The van der Waals surface area contributed by atoms with E-state index in [1.54, 1.807) is 0 Å².